The van der Waals surface area contributed by atoms with E-state index in [1.807, 2.05) is 155 Å². The van der Waals surface area contributed by atoms with Crippen molar-refractivity contribution in [2.75, 3.05) is 9.80 Å². The standard InChI is InChI=1S/C44H26Br6N6/c45-30-5-1-28(2-6-30)25-44(27-52,29-3-7-31(46)8-4-29)41-43(56(38-21-13-34(49)14-22-38)39-23-15-35(50)16-24-39)53-40(26-51)42(54-41)55(36-17-9-32(47)10-18-36)37-19-11-33(48)12-20-37/h1-24H,25H2. The molecule has 7 aromatic rings. The minimum atomic E-state index is -1.42. The molecule has 1 aromatic heterocycles. The summed E-state index contributed by atoms with van der Waals surface area (Å²) in [5, 5.41) is 22.8. The third kappa shape index (κ3) is 8.57. The first kappa shape index (κ1) is 40.1. The maximum absolute atomic E-state index is 11.8. The molecule has 6 nitrogen and oxygen atoms in total. The smallest absolute Gasteiger partial charge is 0.186 e. The van der Waals surface area contributed by atoms with Crippen LogP contribution in [0.1, 0.15) is 22.5 Å². The highest BCUT2D eigenvalue weighted by molar-refractivity contribution is 9.11. The van der Waals surface area contributed by atoms with Crippen molar-refractivity contribution in [2.45, 2.75) is 11.8 Å². The van der Waals surface area contributed by atoms with Gasteiger partial charge in [-0.2, -0.15) is 10.5 Å². The van der Waals surface area contributed by atoms with Crippen molar-refractivity contribution in [3.05, 3.63) is 195 Å². The van der Waals surface area contributed by atoms with E-state index in [0.29, 0.717) is 17.1 Å². The number of hydrogen-bond acceptors (Lipinski definition) is 6. The van der Waals surface area contributed by atoms with Gasteiger partial charge in [0.2, 0.25) is 0 Å². The number of nitriles is 2. The van der Waals surface area contributed by atoms with E-state index in [1.165, 1.54) is 0 Å². The van der Waals surface area contributed by atoms with Crippen molar-refractivity contribution in [3.8, 4) is 12.1 Å². The Labute approximate surface area is 375 Å². The fraction of sp³-hybridized carbons (Fsp3) is 0.0455. The molecule has 0 N–H and O–H groups in total. The van der Waals surface area contributed by atoms with E-state index < -0.39 is 5.41 Å². The Morgan fingerprint density at radius 1 is 0.446 bits per heavy atom. The van der Waals surface area contributed by atoms with Gasteiger partial charge in [-0.05, 0) is 132 Å². The summed E-state index contributed by atoms with van der Waals surface area (Å²) in [4.78, 5) is 14.6. The first-order valence-electron chi connectivity index (χ1n) is 17.0. The Morgan fingerprint density at radius 2 is 0.786 bits per heavy atom. The molecule has 274 valence electrons. The molecular formula is C44H26Br6N6. The number of halogens is 6. The van der Waals surface area contributed by atoms with Gasteiger partial charge >= 0.3 is 0 Å². The van der Waals surface area contributed by atoms with E-state index in [2.05, 4.69) is 108 Å². The minimum Gasteiger partial charge on any atom is -0.293 e. The zero-order chi connectivity index (χ0) is 39.4. The van der Waals surface area contributed by atoms with Crippen LogP contribution < -0.4 is 9.80 Å². The largest absolute Gasteiger partial charge is 0.293 e. The average molecular weight is 1120 g/mol. The van der Waals surface area contributed by atoms with Crippen molar-refractivity contribution in [1.82, 2.24) is 9.97 Å². The molecular weight excluding hydrogens is 1090 g/mol. The normalized spacial score (nSPS) is 11.9. The molecule has 56 heavy (non-hydrogen) atoms. The molecule has 0 saturated heterocycles. The zero-order valence-electron chi connectivity index (χ0n) is 29.0. The molecule has 12 heteroatoms. The molecule has 0 fully saturated rings. The highest BCUT2D eigenvalue weighted by Crippen LogP contribution is 2.47. The SMILES string of the molecule is N#Cc1nc(N(c2ccc(Br)cc2)c2ccc(Br)cc2)c(C(C#N)(Cc2ccc(Br)cc2)c2ccc(Br)cc2)nc1N(c1ccc(Br)cc1)c1ccc(Br)cc1. The summed E-state index contributed by atoms with van der Waals surface area (Å²) in [5.74, 6) is 0.609. The predicted octanol–water partition coefficient (Wildman–Crippen LogP) is 14.9. The summed E-state index contributed by atoms with van der Waals surface area (Å²) in [5.41, 5.74) is 3.64. The lowest BCUT2D eigenvalue weighted by Gasteiger charge is -2.35. The lowest BCUT2D eigenvalue weighted by Crippen LogP contribution is -2.34. The van der Waals surface area contributed by atoms with Crippen LogP contribution in [0.3, 0.4) is 0 Å². The Bertz CT molecular complexity index is 2480. The van der Waals surface area contributed by atoms with E-state index in [-0.39, 0.29) is 17.9 Å². The number of benzene rings is 6. The maximum Gasteiger partial charge on any atom is 0.186 e. The summed E-state index contributed by atoms with van der Waals surface area (Å²) in [6.45, 7) is 0. The van der Waals surface area contributed by atoms with Crippen LogP contribution in [0.15, 0.2) is 172 Å². The topological polar surface area (TPSA) is 79.8 Å². The second-order valence-corrected chi connectivity index (χ2v) is 18.1. The molecule has 0 saturated carbocycles. The van der Waals surface area contributed by atoms with Gasteiger partial charge in [-0.15, -0.1) is 0 Å². The lowest BCUT2D eigenvalue weighted by atomic mass is 9.73. The fourth-order valence-corrected chi connectivity index (χ4v) is 7.95. The predicted molar refractivity (Wildman–Crippen MR) is 245 cm³/mol. The molecule has 0 radical (unpaired) electrons. The molecule has 1 heterocycles. The summed E-state index contributed by atoms with van der Waals surface area (Å²) in [6.07, 6.45) is 0.247. The molecule has 1 atom stereocenters. The van der Waals surface area contributed by atoms with Crippen molar-refractivity contribution in [1.29, 1.82) is 10.5 Å². The van der Waals surface area contributed by atoms with E-state index >= 15 is 0 Å². The van der Waals surface area contributed by atoms with Crippen LogP contribution >= 0.6 is 95.6 Å². The number of rotatable bonds is 10. The Hall–Kier alpha value is -4.14. The quantitative estimate of drug-likeness (QED) is 0.136. The summed E-state index contributed by atoms with van der Waals surface area (Å²) in [6, 6.07) is 52.1. The van der Waals surface area contributed by atoms with Crippen LogP contribution in [0, 0.1) is 22.7 Å². The zero-order valence-corrected chi connectivity index (χ0v) is 38.5. The van der Waals surface area contributed by atoms with Crippen LogP contribution in [-0.4, -0.2) is 9.97 Å². The van der Waals surface area contributed by atoms with E-state index in [4.69, 9.17) is 9.97 Å². The van der Waals surface area contributed by atoms with E-state index in [1.54, 1.807) is 0 Å². The van der Waals surface area contributed by atoms with Crippen LogP contribution in [0.5, 0.6) is 0 Å². The van der Waals surface area contributed by atoms with Gasteiger partial charge in [-0.1, -0.05) is 120 Å². The maximum atomic E-state index is 11.8. The first-order chi connectivity index (χ1) is 27.1. The first-order valence-corrected chi connectivity index (χ1v) is 21.7. The van der Waals surface area contributed by atoms with Gasteiger partial charge in [0.25, 0.3) is 0 Å². The fourth-order valence-electron chi connectivity index (χ4n) is 6.36. The van der Waals surface area contributed by atoms with Crippen LogP contribution in [0.2, 0.25) is 0 Å². The van der Waals surface area contributed by atoms with Crippen LogP contribution in [0.25, 0.3) is 0 Å². The second-order valence-electron chi connectivity index (χ2n) is 12.6. The molecule has 0 aliphatic heterocycles. The molecule has 0 aliphatic rings. The van der Waals surface area contributed by atoms with Gasteiger partial charge in [-0.3, -0.25) is 9.80 Å². The summed E-state index contributed by atoms with van der Waals surface area (Å²) in [7, 11) is 0. The van der Waals surface area contributed by atoms with Crippen LogP contribution in [0.4, 0.5) is 34.4 Å². The van der Waals surface area contributed by atoms with Gasteiger partial charge < -0.3 is 0 Å². The molecule has 0 aliphatic carbocycles. The number of nitrogens with zero attached hydrogens (tertiary/aromatic N) is 6. The lowest BCUT2D eigenvalue weighted by molar-refractivity contribution is 0.626. The molecule has 0 spiro atoms. The molecule has 1 unspecified atom stereocenters. The van der Waals surface area contributed by atoms with Gasteiger partial charge in [0.15, 0.2) is 17.3 Å². The highest BCUT2D eigenvalue weighted by Gasteiger charge is 2.42. The summed E-state index contributed by atoms with van der Waals surface area (Å²) >= 11 is 21.5. The summed E-state index contributed by atoms with van der Waals surface area (Å²) < 4.78 is 5.37. The number of aromatic nitrogens is 2. The monoisotopic (exact) mass is 1110 g/mol. The molecule has 7 rings (SSSR count). The number of anilines is 6. The van der Waals surface area contributed by atoms with Gasteiger partial charge in [0.1, 0.15) is 17.2 Å². The average Bonchev–Trinajstić information content (AvgIpc) is 3.21. The number of hydrogen-bond donors (Lipinski definition) is 0. The second kappa shape index (κ2) is 17.6. The highest BCUT2D eigenvalue weighted by atomic mass is 79.9. The third-order valence-corrected chi connectivity index (χ3v) is 12.2. The van der Waals surface area contributed by atoms with Crippen molar-refractivity contribution in [2.24, 2.45) is 0 Å². The van der Waals surface area contributed by atoms with Gasteiger partial charge in [0.05, 0.1) is 6.07 Å². The molecule has 0 amide bonds. The van der Waals surface area contributed by atoms with Crippen molar-refractivity contribution in [3.63, 3.8) is 0 Å². The van der Waals surface area contributed by atoms with E-state index in [9.17, 15) is 10.5 Å². The Balaban J connectivity index is 1.63. The van der Waals surface area contributed by atoms with Crippen molar-refractivity contribution < 1.29 is 0 Å². The Morgan fingerprint density at radius 3 is 1.14 bits per heavy atom. The van der Waals surface area contributed by atoms with Gasteiger partial charge in [-0.25, -0.2) is 9.97 Å². The van der Waals surface area contributed by atoms with Gasteiger partial charge in [0, 0.05) is 56.0 Å². The van der Waals surface area contributed by atoms with E-state index in [0.717, 1.165) is 55.1 Å². The Kier molecular flexibility index (Phi) is 12.6. The van der Waals surface area contributed by atoms with Crippen molar-refractivity contribution >= 4 is 130 Å². The molecule has 0 bridgehead atoms. The third-order valence-electron chi connectivity index (χ3n) is 9.04. The minimum absolute atomic E-state index is 0.0695. The van der Waals surface area contributed by atoms with Crippen LogP contribution in [-0.2, 0) is 11.8 Å². The molecule has 6 aromatic carbocycles.